The number of aryl methyl sites for hydroxylation is 1. The molecule has 1 aliphatic rings. The first kappa shape index (κ1) is 13.2. The van der Waals surface area contributed by atoms with Crippen molar-refractivity contribution in [1.82, 2.24) is 14.8 Å². The van der Waals surface area contributed by atoms with Crippen molar-refractivity contribution in [1.29, 1.82) is 0 Å². The van der Waals surface area contributed by atoms with Crippen molar-refractivity contribution in [2.24, 2.45) is 7.05 Å². The van der Waals surface area contributed by atoms with Gasteiger partial charge in [-0.2, -0.15) is 0 Å². The van der Waals surface area contributed by atoms with E-state index >= 15 is 0 Å². The van der Waals surface area contributed by atoms with Crippen molar-refractivity contribution in [2.45, 2.75) is 44.6 Å². The van der Waals surface area contributed by atoms with E-state index in [1.54, 1.807) is 6.33 Å². The SMILES string of the molecule is Cn1cnnc1-c1ccccc1NC1CCCCCC1. The maximum absolute atomic E-state index is 4.23. The Morgan fingerprint density at radius 2 is 1.85 bits per heavy atom. The van der Waals surface area contributed by atoms with Gasteiger partial charge < -0.3 is 9.88 Å². The second-order valence-electron chi connectivity index (χ2n) is 5.64. The molecule has 0 unspecified atom stereocenters. The summed E-state index contributed by atoms with van der Waals surface area (Å²) >= 11 is 0. The Balaban J connectivity index is 1.84. The molecule has 4 heteroatoms. The minimum Gasteiger partial charge on any atom is -0.382 e. The number of nitrogens with one attached hydrogen (secondary N) is 1. The number of nitrogens with zero attached hydrogens (tertiary/aromatic N) is 3. The summed E-state index contributed by atoms with van der Waals surface area (Å²) < 4.78 is 1.97. The van der Waals surface area contributed by atoms with Crippen LogP contribution in [-0.4, -0.2) is 20.8 Å². The molecule has 0 saturated heterocycles. The molecule has 1 fully saturated rings. The molecule has 0 spiro atoms. The molecule has 0 atom stereocenters. The van der Waals surface area contributed by atoms with Crippen LogP contribution in [0.25, 0.3) is 11.4 Å². The van der Waals surface area contributed by atoms with Gasteiger partial charge in [-0.1, -0.05) is 37.8 Å². The van der Waals surface area contributed by atoms with Gasteiger partial charge in [-0.15, -0.1) is 10.2 Å². The molecule has 1 N–H and O–H groups in total. The van der Waals surface area contributed by atoms with E-state index in [1.165, 1.54) is 44.2 Å². The lowest BCUT2D eigenvalue weighted by atomic mass is 10.1. The molecular weight excluding hydrogens is 248 g/mol. The first-order valence-corrected chi connectivity index (χ1v) is 7.54. The molecule has 4 nitrogen and oxygen atoms in total. The number of hydrogen-bond donors (Lipinski definition) is 1. The molecular formula is C16H22N4. The first-order valence-electron chi connectivity index (χ1n) is 7.54. The van der Waals surface area contributed by atoms with Crippen LogP contribution in [0.3, 0.4) is 0 Å². The summed E-state index contributed by atoms with van der Waals surface area (Å²) in [5.41, 5.74) is 2.31. The van der Waals surface area contributed by atoms with Crippen LogP contribution in [0.5, 0.6) is 0 Å². The molecule has 1 saturated carbocycles. The Morgan fingerprint density at radius 1 is 1.10 bits per heavy atom. The summed E-state index contributed by atoms with van der Waals surface area (Å²) in [6.07, 6.45) is 9.72. The number of aromatic nitrogens is 3. The molecule has 1 aromatic heterocycles. The van der Waals surface area contributed by atoms with Crippen molar-refractivity contribution >= 4 is 5.69 Å². The summed E-state index contributed by atoms with van der Waals surface area (Å²) in [4.78, 5) is 0. The number of benzene rings is 1. The van der Waals surface area contributed by atoms with E-state index < -0.39 is 0 Å². The third-order valence-electron chi connectivity index (χ3n) is 4.09. The second kappa shape index (κ2) is 6.07. The van der Waals surface area contributed by atoms with Crippen molar-refractivity contribution in [3.63, 3.8) is 0 Å². The minimum absolute atomic E-state index is 0.590. The lowest BCUT2D eigenvalue weighted by molar-refractivity contribution is 0.620. The number of para-hydroxylation sites is 1. The maximum Gasteiger partial charge on any atom is 0.165 e. The molecule has 2 aromatic rings. The van der Waals surface area contributed by atoms with Gasteiger partial charge in [-0.3, -0.25) is 0 Å². The molecule has 0 amide bonds. The van der Waals surface area contributed by atoms with Gasteiger partial charge in [-0.25, -0.2) is 0 Å². The van der Waals surface area contributed by atoms with Crippen LogP contribution in [0.15, 0.2) is 30.6 Å². The van der Waals surface area contributed by atoms with Gasteiger partial charge in [0, 0.05) is 24.3 Å². The Kier molecular flexibility index (Phi) is 4.00. The lowest BCUT2D eigenvalue weighted by Gasteiger charge is -2.19. The fourth-order valence-corrected chi connectivity index (χ4v) is 2.97. The van der Waals surface area contributed by atoms with Crippen LogP contribution in [0, 0.1) is 0 Å². The zero-order valence-electron chi connectivity index (χ0n) is 12.0. The summed E-state index contributed by atoms with van der Waals surface area (Å²) in [6.45, 7) is 0. The summed E-state index contributed by atoms with van der Waals surface area (Å²) in [5.74, 6) is 0.918. The second-order valence-corrected chi connectivity index (χ2v) is 5.64. The summed E-state index contributed by atoms with van der Waals surface area (Å²) in [6, 6.07) is 8.99. The Morgan fingerprint density at radius 3 is 2.55 bits per heavy atom. The van der Waals surface area contributed by atoms with E-state index in [0.717, 1.165) is 11.4 Å². The van der Waals surface area contributed by atoms with Gasteiger partial charge in [0.15, 0.2) is 5.82 Å². The molecule has 1 aliphatic carbocycles. The third-order valence-corrected chi connectivity index (χ3v) is 4.09. The molecule has 0 radical (unpaired) electrons. The molecule has 1 heterocycles. The van der Waals surface area contributed by atoms with E-state index in [-0.39, 0.29) is 0 Å². The van der Waals surface area contributed by atoms with Gasteiger partial charge in [0.2, 0.25) is 0 Å². The zero-order chi connectivity index (χ0) is 13.8. The van der Waals surface area contributed by atoms with Crippen molar-refractivity contribution in [3.05, 3.63) is 30.6 Å². The highest BCUT2D eigenvalue weighted by atomic mass is 15.2. The highest BCUT2D eigenvalue weighted by Crippen LogP contribution is 2.28. The van der Waals surface area contributed by atoms with Crippen LogP contribution in [-0.2, 0) is 7.05 Å². The topological polar surface area (TPSA) is 42.7 Å². The highest BCUT2D eigenvalue weighted by molar-refractivity contribution is 5.73. The third kappa shape index (κ3) is 2.84. The highest BCUT2D eigenvalue weighted by Gasteiger charge is 2.15. The molecule has 0 bridgehead atoms. The lowest BCUT2D eigenvalue weighted by Crippen LogP contribution is -2.18. The van der Waals surface area contributed by atoms with Crippen LogP contribution in [0.2, 0.25) is 0 Å². The number of rotatable bonds is 3. The largest absolute Gasteiger partial charge is 0.382 e. The number of anilines is 1. The van der Waals surface area contributed by atoms with Crippen LogP contribution in [0.4, 0.5) is 5.69 Å². The molecule has 3 rings (SSSR count). The van der Waals surface area contributed by atoms with E-state index in [4.69, 9.17) is 0 Å². The number of hydrogen-bond acceptors (Lipinski definition) is 3. The molecule has 106 valence electrons. The van der Waals surface area contributed by atoms with Crippen molar-refractivity contribution in [2.75, 3.05) is 5.32 Å². The summed E-state index contributed by atoms with van der Waals surface area (Å²) in [5, 5.41) is 11.9. The molecule has 1 aromatic carbocycles. The van der Waals surface area contributed by atoms with E-state index in [1.807, 2.05) is 11.6 Å². The average Bonchev–Trinajstić information content (AvgIpc) is 2.73. The van der Waals surface area contributed by atoms with Gasteiger partial charge in [0.05, 0.1) is 0 Å². The molecule has 20 heavy (non-hydrogen) atoms. The van der Waals surface area contributed by atoms with E-state index in [2.05, 4.69) is 39.8 Å². The Hall–Kier alpha value is -1.84. The minimum atomic E-state index is 0.590. The monoisotopic (exact) mass is 270 g/mol. The average molecular weight is 270 g/mol. The quantitative estimate of drug-likeness (QED) is 0.866. The van der Waals surface area contributed by atoms with Gasteiger partial charge >= 0.3 is 0 Å². The predicted molar refractivity (Wildman–Crippen MR) is 81.6 cm³/mol. The predicted octanol–water partition coefficient (Wildman–Crippen LogP) is 3.62. The Bertz CT molecular complexity index is 553. The normalized spacial score (nSPS) is 16.9. The van der Waals surface area contributed by atoms with Crippen molar-refractivity contribution < 1.29 is 0 Å². The van der Waals surface area contributed by atoms with E-state index in [9.17, 15) is 0 Å². The van der Waals surface area contributed by atoms with Crippen LogP contribution >= 0.6 is 0 Å². The fraction of sp³-hybridized carbons (Fsp3) is 0.500. The fourth-order valence-electron chi connectivity index (χ4n) is 2.97. The van der Waals surface area contributed by atoms with Gasteiger partial charge in [0.1, 0.15) is 6.33 Å². The maximum atomic E-state index is 4.23. The molecule has 0 aliphatic heterocycles. The summed E-state index contributed by atoms with van der Waals surface area (Å²) in [7, 11) is 1.98. The Labute approximate surface area is 120 Å². The van der Waals surface area contributed by atoms with Gasteiger partial charge in [-0.05, 0) is 25.0 Å². The van der Waals surface area contributed by atoms with Crippen LogP contribution in [0.1, 0.15) is 38.5 Å². The zero-order valence-corrected chi connectivity index (χ0v) is 12.0. The first-order chi connectivity index (χ1) is 9.84. The van der Waals surface area contributed by atoms with Crippen LogP contribution < -0.4 is 5.32 Å². The smallest absolute Gasteiger partial charge is 0.165 e. The van der Waals surface area contributed by atoms with Crippen molar-refractivity contribution in [3.8, 4) is 11.4 Å². The van der Waals surface area contributed by atoms with Gasteiger partial charge in [0.25, 0.3) is 0 Å². The van der Waals surface area contributed by atoms with E-state index in [0.29, 0.717) is 6.04 Å². The standard InChI is InChI=1S/C16H22N4/c1-20-12-17-19-16(20)14-10-6-7-11-15(14)18-13-8-4-2-3-5-9-13/h6-7,10-13,18H,2-5,8-9H2,1H3.